The van der Waals surface area contributed by atoms with Gasteiger partial charge in [-0.15, -0.1) is 0 Å². The maximum absolute atomic E-state index is 5.86. The minimum Gasteiger partial charge on any atom is -0.477 e. The highest BCUT2D eigenvalue weighted by molar-refractivity contribution is 6.17. The second kappa shape index (κ2) is 5.36. The molecule has 0 saturated heterocycles. The van der Waals surface area contributed by atoms with Crippen molar-refractivity contribution in [3.63, 3.8) is 0 Å². The van der Waals surface area contributed by atoms with E-state index < -0.39 is 0 Å². The molecule has 2 heteroatoms. The third-order valence-electron chi connectivity index (χ3n) is 4.91. The molecule has 1 nitrogen and oxygen atoms in total. The van der Waals surface area contributed by atoms with Gasteiger partial charge in [0.2, 0.25) is 0 Å². The van der Waals surface area contributed by atoms with Crippen LogP contribution in [-0.2, 0) is 0 Å². The van der Waals surface area contributed by atoms with Gasteiger partial charge in [-0.3, -0.25) is 0 Å². The predicted octanol–water partition coefficient (Wildman–Crippen LogP) is 5.29. The molecule has 2 aliphatic rings. The maximum atomic E-state index is 5.86. The smallest absolute Gasteiger partial charge is 0.162 e. The van der Waals surface area contributed by atoms with E-state index in [0.29, 0.717) is 11.8 Å². The van der Waals surface area contributed by atoms with Crippen molar-refractivity contribution in [2.24, 2.45) is 11.8 Å². The maximum Gasteiger partial charge on any atom is 0.162 e. The lowest BCUT2D eigenvalue weighted by molar-refractivity contribution is 0.370. The fraction of sp³-hybridized carbons (Fsp3) is 0.647. The monoisotopic (exact) mass is 278 g/mol. The molecule has 0 amide bonds. The molecule has 0 heterocycles. The quantitative estimate of drug-likeness (QED) is 0.643. The van der Waals surface area contributed by atoms with Crippen LogP contribution >= 0.6 is 11.6 Å². The van der Waals surface area contributed by atoms with Crippen LogP contribution in [0.5, 0.6) is 5.75 Å². The van der Waals surface area contributed by atoms with Crippen molar-refractivity contribution in [1.29, 1.82) is 0 Å². The van der Waals surface area contributed by atoms with E-state index >= 15 is 0 Å². The Morgan fingerprint density at radius 1 is 1.05 bits per heavy atom. The summed E-state index contributed by atoms with van der Waals surface area (Å²) >= 11 is 5.86. The van der Waals surface area contributed by atoms with Gasteiger partial charge < -0.3 is 4.74 Å². The molecule has 3 rings (SSSR count). The lowest BCUT2D eigenvalue weighted by Gasteiger charge is -2.22. The van der Waals surface area contributed by atoms with Crippen LogP contribution < -0.4 is 4.74 Å². The Morgan fingerprint density at radius 3 is 1.89 bits per heavy atom. The van der Waals surface area contributed by atoms with Crippen LogP contribution in [0.15, 0.2) is 18.2 Å². The Labute approximate surface area is 121 Å². The molecule has 104 valence electrons. The first-order chi connectivity index (χ1) is 9.22. The summed E-state index contributed by atoms with van der Waals surface area (Å²) in [7, 11) is 0. The molecule has 2 aliphatic carbocycles. The van der Waals surface area contributed by atoms with Gasteiger partial charge in [-0.25, -0.2) is 0 Å². The molecule has 0 spiro atoms. The Hall–Kier alpha value is -0.690. The van der Waals surface area contributed by atoms with Gasteiger partial charge in [0.25, 0.3) is 0 Å². The highest BCUT2D eigenvalue weighted by Gasteiger charge is 2.34. The summed E-state index contributed by atoms with van der Waals surface area (Å²) < 4.78 is 5.83. The molecule has 0 N–H and O–H groups in total. The number of ether oxygens (including phenoxy) is 1. The molecule has 1 aromatic carbocycles. The summed E-state index contributed by atoms with van der Waals surface area (Å²) in [6.45, 7) is 4.67. The molecule has 0 aromatic heterocycles. The standard InChI is InChI=1S/C17H23ClO/c1-11(13-6-7-13)15-4-3-5-16(17(15)19-10-18)12(2)14-8-9-14/h3-5,11-14H,6-10H2,1-2H3/t11-,12+. The van der Waals surface area contributed by atoms with Crippen LogP contribution in [0.4, 0.5) is 0 Å². The number of benzene rings is 1. The largest absolute Gasteiger partial charge is 0.477 e. The number of para-hydroxylation sites is 1. The van der Waals surface area contributed by atoms with E-state index in [1.165, 1.54) is 36.8 Å². The molecule has 0 aliphatic heterocycles. The molecule has 2 fully saturated rings. The number of rotatable bonds is 6. The van der Waals surface area contributed by atoms with Crippen molar-refractivity contribution in [2.45, 2.75) is 51.4 Å². The highest BCUT2D eigenvalue weighted by Crippen LogP contribution is 2.49. The minimum atomic E-state index is 0.249. The topological polar surface area (TPSA) is 9.23 Å². The number of hydrogen-bond acceptors (Lipinski definition) is 1. The first-order valence-corrected chi connectivity index (χ1v) is 8.07. The third kappa shape index (κ3) is 2.76. The van der Waals surface area contributed by atoms with Crippen molar-refractivity contribution in [1.82, 2.24) is 0 Å². The Balaban J connectivity index is 1.95. The summed E-state index contributed by atoms with van der Waals surface area (Å²) in [5.41, 5.74) is 2.74. The number of halogens is 1. The van der Waals surface area contributed by atoms with Crippen molar-refractivity contribution in [2.75, 3.05) is 6.07 Å². The average molecular weight is 279 g/mol. The Morgan fingerprint density at radius 2 is 1.53 bits per heavy atom. The zero-order valence-corrected chi connectivity index (χ0v) is 12.6. The molecule has 0 radical (unpaired) electrons. The second-order valence-electron chi connectivity index (χ2n) is 6.27. The van der Waals surface area contributed by atoms with Gasteiger partial charge >= 0.3 is 0 Å². The van der Waals surface area contributed by atoms with E-state index in [1.54, 1.807) is 0 Å². The van der Waals surface area contributed by atoms with Crippen LogP contribution in [-0.4, -0.2) is 6.07 Å². The van der Waals surface area contributed by atoms with E-state index in [0.717, 1.165) is 17.6 Å². The SMILES string of the molecule is C[C@H](c1cccc([C@H](C)C2CC2)c1OCCl)C1CC1. The second-order valence-corrected chi connectivity index (χ2v) is 6.49. The van der Waals surface area contributed by atoms with Gasteiger partial charge in [0.05, 0.1) is 0 Å². The van der Waals surface area contributed by atoms with Gasteiger partial charge in [-0.1, -0.05) is 43.6 Å². The molecule has 2 saturated carbocycles. The van der Waals surface area contributed by atoms with E-state index in [9.17, 15) is 0 Å². The van der Waals surface area contributed by atoms with E-state index in [2.05, 4.69) is 32.0 Å². The van der Waals surface area contributed by atoms with Gasteiger partial charge in [0, 0.05) is 0 Å². The zero-order chi connectivity index (χ0) is 13.4. The molecule has 0 bridgehead atoms. The van der Waals surface area contributed by atoms with Crippen molar-refractivity contribution < 1.29 is 4.74 Å². The average Bonchev–Trinajstić information content (AvgIpc) is 3.31. The van der Waals surface area contributed by atoms with Crippen LogP contribution in [0.1, 0.15) is 62.5 Å². The summed E-state index contributed by atoms with van der Waals surface area (Å²) in [6, 6.07) is 6.91. The molecule has 19 heavy (non-hydrogen) atoms. The van der Waals surface area contributed by atoms with E-state index in [4.69, 9.17) is 16.3 Å². The minimum absolute atomic E-state index is 0.249. The summed E-state index contributed by atoms with van der Waals surface area (Å²) in [5, 5.41) is 0. The fourth-order valence-electron chi connectivity index (χ4n) is 3.21. The summed E-state index contributed by atoms with van der Waals surface area (Å²) in [5.74, 6) is 3.98. The van der Waals surface area contributed by atoms with Gasteiger partial charge in [0.1, 0.15) is 5.75 Å². The highest BCUT2D eigenvalue weighted by atomic mass is 35.5. The van der Waals surface area contributed by atoms with Crippen LogP contribution in [0, 0.1) is 11.8 Å². The van der Waals surface area contributed by atoms with Gasteiger partial charge in [-0.05, 0) is 60.5 Å². The van der Waals surface area contributed by atoms with Gasteiger partial charge in [-0.2, -0.15) is 0 Å². The Kier molecular flexibility index (Phi) is 3.75. The molecule has 1 aromatic rings. The third-order valence-corrected chi connectivity index (χ3v) is 5.02. The normalized spacial score (nSPS) is 22.1. The molecular weight excluding hydrogens is 256 g/mol. The Bertz CT molecular complexity index is 412. The summed E-state index contributed by atoms with van der Waals surface area (Å²) in [6.07, 6.45) is 5.46. The lowest BCUT2D eigenvalue weighted by Crippen LogP contribution is -2.07. The van der Waals surface area contributed by atoms with Crippen LogP contribution in [0.25, 0.3) is 0 Å². The molecule has 2 atom stereocenters. The zero-order valence-electron chi connectivity index (χ0n) is 11.9. The summed E-state index contributed by atoms with van der Waals surface area (Å²) in [4.78, 5) is 0. The van der Waals surface area contributed by atoms with E-state index in [-0.39, 0.29) is 6.07 Å². The lowest BCUT2D eigenvalue weighted by atomic mass is 9.88. The van der Waals surface area contributed by atoms with Gasteiger partial charge in [0.15, 0.2) is 6.07 Å². The van der Waals surface area contributed by atoms with Crippen molar-refractivity contribution >= 4 is 11.6 Å². The first-order valence-electron chi connectivity index (χ1n) is 7.54. The van der Waals surface area contributed by atoms with Crippen molar-refractivity contribution in [3.05, 3.63) is 29.3 Å². The number of alkyl halides is 1. The van der Waals surface area contributed by atoms with Crippen LogP contribution in [0.3, 0.4) is 0 Å². The van der Waals surface area contributed by atoms with Crippen molar-refractivity contribution in [3.8, 4) is 5.75 Å². The molecular formula is C17H23ClO. The van der Waals surface area contributed by atoms with Crippen LogP contribution in [0.2, 0.25) is 0 Å². The predicted molar refractivity (Wildman–Crippen MR) is 80.1 cm³/mol. The fourth-order valence-corrected chi connectivity index (χ4v) is 3.32. The van der Waals surface area contributed by atoms with E-state index in [1.807, 2.05) is 0 Å². The molecule has 0 unspecified atom stereocenters. The first kappa shape index (κ1) is 13.3. The number of hydrogen-bond donors (Lipinski definition) is 0.